The lowest BCUT2D eigenvalue weighted by Gasteiger charge is -2.11. The summed E-state index contributed by atoms with van der Waals surface area (Å²) < 4.78 is 44.5. The lowest BCUT2D eigenvalue weighted by molar-refractivity contribution is -0.274. The summed E-state index contributed by atoms with van der Waals surface area (Å²) in [5.41, 5.74) is 2.68. The van der Waals surface area contributed by atoms with Gasteiger partial charge in [-0.05, 0) is 49.4 Å². The molecule has 0 saturated heterocycles. The number of aryl methyl sites for hydroxylation is 1. The summed E-state index contributed by atoms with van der Waals surface area (Å²) in [5.74, 6) is -0.339. The molecule has 4 aromatic rings. The normalized spacial score (nSPS) is 12.0. The number of carbonyl (C=O) groups is 1. The minimum atomic E-state index is -4.74. The Balaban J connectivity index is 1.91. The maximum Gasteiger partial charge on any atom is 0.573 e. The fraction of sp³-hybridized carbons (Fsp3) is 0.158. The Morgan fingerprint density at radius 1 is 1.07 bits per heavy atom. The van der Waals surface area contributed by atoms with Crippen LogP contribution in [0.1, 0.15) is 17.3 Å². The Morgan fingerprint density at radius 2 is 1.78 bits per heavy atom. The van der Waals surface area contributed by atoms with Crippen molar-refractivity contribution >= 4 is 27.7 Å². The van der Waals surface area contributed by atoms with Gasteiger partial charge >= 0.3 is 6.36 Å². The second-order valence-electron chi connectivity index (χ2n) is 6.21. The molecule has 5 nitrogen and oxygen atoms in total. The van der Waals surface area contributed by atoms with Crippen molar-refractivity contribution in [2.45, 2.75) is 13.3 Å². The highest BCUT2D eigenvalue weighted by Crippen LogP contribution is 2.33. The average molecular weight is 373 g/mol. The molecule has 0 radical (unpaired) electrons. The van der Waals surface area contributed by atoms with Crippen molar-refractivity contribution in [3.05, 3.63) is 54.2 Å². The minimum absolute atomic E-state index is 0.0460. The van der Waals surface area contributed by atoms with E-state index < -0.39 is 6.36 Å². The number of ketones is 1. The predicted octanol–water partition coefficient (Wildman–Crippen LogP) is 4.62. The van der Waals surface area contributed by atoms with Gasteiger partial charge in [-0.25, -0.2) is 0 Å². The van der Waals surface area contributed by atoms with Crippen LogP contribution in [0, 0.1) is 0 Å². The number of halogens is 3. The van der Waals surface area contributed by atoms with E-state index >= 15 is 0 Å². The molecule has 0 aliphatic carbocycles. The van der Waals surface area contributed by atoms with E-state index in [9.17, 15) is 18.0 Å². The van der Waals surface area contributed by atoms with Gasteiger partial charge in [-0.2, -0.15) is 5.10 Å². The number of rotatable bonds is 3. The van der Waals surface area contributed by atoms with Gasteiger partial charge in [0.1, 0.15) is 5.75 Å². The van der Waals surface area contributed by atoms with Crippen molar-refractivity contribution < 1.29 is 22.7 Å². The van der Waals surface area contributed by atoms with Gasteiger partial charge in [0, 0.05) is 35.3 Å². The SMILES string of the molecule is CC(=O)c1ccc2c(c1)c1cn(C)nc1n2-c1ccc(OC(F)(F)F)cc1. The summed E-state index contributed by atoms with van der Waals surface area (Å²) in [6.45, 7) is 1.50. The second-order valence-corrected chi connectivity index (χ2v) is 6.21. The topological polar surface area (TPSA) is 49.0 Å². The fourth-order valence-electron chi connectivity index (χ4n) is 3.17. The summed E-state index contributed by atoms with van der Waals surface area (Å²) >= 11 is 0. The van der Waals surface area contributed by atoms with E-state index in [1.54, 1.807) is 23.9 Å². The standard InChI is InChI=1S/C19H14F3N3O2/c1-11(26)12-3-8-17-15(9-12)16-10-24(2)23-18(16)25(17)13-4-6-14(7-5-13)27-19(20,21)22/h3-10H,1-2H3. The Morgan fingerprint density at radius 3 is 2.41 bits per heavy atom. The van der Waals surface area contributed by atoms with Crippen molar-refractivity contribution in [2.75, 3.05) is 0 Å². The first-order valence-electron chi connectivity index (χ1n) is 8.08. The Kier molecular flexibility index (Phi) is 3.73. The first-order valence-corrected chi connectivity index (χ1v) is 8.08. The third kappa shape index (κ3) is 3.03. The maximum atomic E-state index is 12.4. The molecule has 27 heavy (non-hydrogen) atoms. The van der Waals surface area contributed by atoms with Crippen LogP contribution in [-0.4, -0.2) is 26.5 Å². The van der Waals surface area contributed by atoms with E-state index in [2.05, 4.69) is 9.84 Å². The highest BCUT2D eigenvalue weighted by atomic mass is 19.4. The number of aromatic nitrogens is 3. The largest absolute Gasteiger partial charge is 0.573 e. The predicted molar refractivity (Wildman–Crippen MR) is 94.2 cm³/mol. The zero-order valence-corrected chi connectivity index (χ0v) is 14.4. The van der Waals surface area contributed by atoms with Crippen LogP contribution in [0.2, 0.25) is 0 Å². The zero-order valence-electron chi connectivity index (χ0n) is 14.4. The first-order chi connectivity index (χ1) is 12.7. The second kappa shape index (κ2) is 5.87. The van der Waals surface area contributed by atoms with Gasteiger partial charge in [0.25, 0.3) is 0 Å². The smallest absolute Gasteiger partial charge is 0.406 e. The number of benzene rings is 2. The molecule has 0 spiro atoms. The number of carbonyl (C=O) groups excluding carboxylic acids is 1. The third-order valence-electron chi connectivity index (χ3n) is 4.28. The van der Waals surface area contributed by atoms with Crippen LogP contribution < -0.4 is 4.74 Å². The molecule has 8 heteroatoms. The Hall–Kier alpha value is -3.29. The molecule has 138 valence electrons. The number of nitrogens with zero attached hydrogens (tertiary/aromatic N) is 3. The Labute approximate surface area is 151 Å². The minimum Gasteiger partial charge on any atom is -0.406 e. The van der Waals surface area contributed by atoms with E-state index in [1.165, 1.54) is 31.2 Å². The number of Topliss-reactive ketones (excluding diaryl/α,β-unsaturated/α-hetero) is 1. The molecule has 0 unspecified atom stereocenters. The molecule has 0 amide bonds. The maximum absolute atomic E-state index is 12.4. The molecule has 0 aliphatic heterocycles. The van der Waals surface area contributed by atoms with Gasteiger partial charge in [0.2, 0.25) is 0 Å². The lowest BCUT2D eigenvalue weighted by atomic mass is 10.1. The number of hydrogen-bond donors (Lipinski definition) is 0. The fourth-order valence-corrected chi connectivity index (χ4v) is 3.17. The molecular formula is C19H14F3N3O2. The highest BCUT2D eigenvalue weighted by molar-refractivity contribution is 6.10. The van der Waals surface area contributed by atoms with Gasteiger partial charge < -0.3 is 4.74 Å². The number of fused-ring (bicyclic) bond motifs is 3. The lowest BCUT2D eigenvalue weighted by Crippen LogP contribution is -2.17. The number of ether oxygens (including phenoxy) is 1. The van der Waals surface area contributed by atoms with E-state index in [-0.39, 0.29) is 11.5 Å². The Bertz CT molecular complexity index is 1170. The zero-order chi connectivity index (χ0) is 19.3. The van der Waals surface area contributed by atoms with Crippen molar-refractivity contribution in [1.29, 1.82) is 0 Å². The monoisotopic (exact) mass is 373 g/mol. The van der Waals surface area contributed by atoms with Crippen molar-refractivity contribution in [3.8, 4) is 11.4 Å². The van der Waals surface area contributed by atoms with Crippen molar-refractivity contribution in [2.24, 2.45) is 7.05 Å². The molecule has 2 heterocycles. The van der Waals surface area contributed by atoms with Crippen LogP contribution in [-0.2, 0) is 7.05 Å². The summed E-state index contributed by atoms with van der Waals surface area (Å²) in [6.07, 6.45) is -2.89. The molecule has 0 aliphatic rings. The molecule has 0 saturated carbocycles. The quantitative estimate of drug-likeness (QED) is 0.493. The van der Waals surface area contributed by atoms with Crippen molar-refractivity contribution in [3.63, 3.8) is 0 Å². The molecule has 2 aromatic heterocycles. The molecule has 0 bridgehead atoms. The van der Waals surface area contributed by atoms with Gasteiger partial charge in [-0.3, -0.25) is 14.0 Å². The molecule has 0 fully saturated rings. The summed E-state index contributed by atoms with van der Waals surface area (Å²) in [7, 11) is 1.78. The van der Waals surface area contributed by atoms with Crippen LogP contribution in [0.5, 0.6) is 5.75 Å². The van der Waals surface area contributed by atoms with Crippen LogP contribution in [0.3, 0.4) is 0 Å². The van der Waals surface area contributed by atoms with Crippen LogP contribution >= 0.6 is 0 Å². The van der Waals surface area contributed by atoms with Crippen molar-refractivity contribution in [1.82, 2.24) is 14.3 Å². The van der Waals surface area contributed by atoms with Crippen LogP contribution in [0.15, 0.2) is 48.7 Å². The molecule has 4 rings (SSSR count). The summed E-state index contributed by atoms with van der Waals surface area (Å²) in [4.78, 5) is 11.7. The number of hydrogen-bond acceptors (Lipinski definition) is 3. The van der Waals surface area contributed by atoms with Crippen LogP contribution in [0.4, 0.5) is 13.2 Å². The van der Waals surface area contributed by atoms with E-state index in [4.69, 9.17) is 0 Å². The molecular weight excluding hydrogens is 359 g/mol. The summed E-state index contributed by atoms with van der Waals surface area (Å²) in [5, 5.41) is 6.17. The number of alkyl halides is 3. The van der Waals surface area contributed by atoms with Gasteiger partial charge in [-0.1, -0.05) is 0 Å². The van der Waals surface area contributed by atoms with E-state index in [0.717, 1.165) is 16.3 Å². The van der Waals surface area contributed by atoms with E-state index in [1.807, 2.05) is 16.8 Å². The van der Waals surface area contributed by atoms with Gasteiger partial charge in [-0.15, -0.1) is 13.2 Å². The first kappa shape index (κ1) is 17.1. The van der Waals surface area contributed by atoms with Gasteiger partial charge in [0.05, 0.1) is 5.52 Å². The third-order valence-corrected chi connectivity index (χ3v) is 4.28. The average Bonchev–Trinajstić information content (AvgIpc) is 3.09. The van der Waals surface area contributed by atoms with E-state index in [0.29, 0.717) is 16.9 Å². The molecule has 0 atom stereocenters. The van der Waals surface area contributed by atoms with Crippen LogP contribution in [0.25, 0.3) is 27.6 Å². The summed E-state index contributed by atoms with van der Waals surface area (Å²) in [6, 6.07) is 10.9. The highest BCUT2D eigenvalue weighted by Gasteiger charge is 2.31. The van der Waals surface area contributed by atoms with Gasteiger partial charge in [0.15, 0.2) is 11.4 Å². The molecule has 2 aromatic carbocycles. The molecule has 0 N–H and O–H groups in total.